The van der Waals surface area contributed by atoms with E-state index < -0.39 is 0 Å². The van der Waals surface area contributed by atoms with Crippen LogP contribution in [0, 0.1) is 6.92 Å². The molecule has 0 spiro atoms. The highest BCUT2D eigenvalue weighted by Crippen LogP contribution is 2.13. The summed E-state index contributed by atoms with van der Waals surface area (Å²) in [6, 6.07) is 1.77. The highest BCUT2D eigenvalue weighted by Gasteiger charge is 2.06. The Labute approximate surface area is 63.2 Å². The molecule has 0 atom stereocenters. The van der Waals surface area contributed by atoms with Gasteiger partial charge in [0.2, 0.25) is 0 Å². The Morgan fingerprint density at radius 2 is 2.27 bits per heavy atom. The molecule has 0 unspecified atom stereocenters. The first-order valence-electron chi connectivity index (χ1n) is 3.27. The smallest absolute Gasteiger partial charge is 0.177 e. The molecule has 0 fully saturated rings. The van der Waals surface area contributed by atoms with Crippen molar-refractivity contribution in [2.45, 2.75) is 6.92 Å². The average Bonchev–Trinajstić information content (AvgIpc) is 2.41. The van der Waals surface area contributed by atoms with E-state index in [1.807, 2.05) is 6.92 Å². The Morgan fingerprint density at radius 3 is 2.91 bits per heavy atom. The number of rotatable bonds is 0. The van der Waals surface area contributed by atoms with E-state index >= 15 is 0 Å². The monoisotopic (exact) mass is 151 g/mol. The van der Waals surface area contributed by atoms with Gasteiger partial charge in [-0.2, -0.15) is 5.10 Å². The fourth-order valence-electron chi connectivity index (χ4n) is 1.12. The molecule has 0 saturated heterocycles. The number of aryl methyl sites for hydroxylation is 1. The summed E-state index contributed by atoms with van der Waals surface area (Å²) in [6.07, 6.45) is 1.78. The fourth-order valence-corrected chi connectivity index (χ4v) is 1.12. The Bertz CT molecular complexity index is 396. The van der Waals surface area contributed by atoms with Crippen molar-refractivity contribution >= 4 is 11.3 Å². The van der Waals surface area contributed by atoms with Crippen LogP contribution in [0.2, 0.25) is 0 Å². The van der Waals surface area contributed by atoms with E-state index in [9.17, 15) is 0 Å². The van der Waals surface area contributed by atoms with Crippen molar-refractivity contribution in [3.05, 3.63) is 18.1 Å². The molecule has 0 saturated carbocycles. The lowest BCUT2D eigenvalue weighted by molar-refractivity contribution is 0.911. The lowest BCUT2D eigenvalue weighted by atomic mass is 10.5. The summed E-state index contributed by atoms with van der Waals surface area (Å²) in [6.45, 7) is 1.83. The molecule has 0 bridgehead atoms. The third-order valence-electron chi connectivity index (χ3n) is 1.70. The molecule has 0 aliphatic rings. The third-order valence-corrected chi connectivity index (χ3v) is 1.70. The zero-order valence-electron chi connectivity index (χ0n) is 6.15. The van der Waals surface area contributed by atoms with Gasteiger partial charge in [0.25, 0.3) is 0 Å². The third kappa shape index (κ3) is 0.618. The number of nitrogen functional groups attached to an aromatic ring is 2. The van der Waals surface area contributed by atoms with E-state index in [-0.39, 0.29) is 0 Å². The number of aromatic nitrogens is 3. The summed E-state index contributed by atoms with van der Waals surface area (Å²) >= 11 is 0. The van der Waals surface area contributed by atoms with Gasteiger partial charge in [-0.15, -0.1) is 0 Å². The van der Waals surface area contributed by atoms with Crippen LogP contribution in [0.1, 0.15) is 5.82 Å². The summed E-state index contributed by atoms with van der Waals surface area (Å²) in [4.78, 5) is 0. The normalized spacial score (nSPS) is 11.0. The quantitative estimate of drug-likeness (QED) is 0.509. The molecule has 2 heterocycles. The molecular formula is C6H9N5. The van der Waals surface area contributed by atoms with E-state index in [1.54, 1.807) is 16.8 Å². The second kappa shape index (κ2) is 1.69. The summed E-state index contributed by atoms with van der Waals surface area (Å²) in [5.41, 5.74) is 7.01. The van der Waals surface area contributed by atoms with Crippen LogP contribution in [0.4, 0.5) is 5.69 Å². The number of hydrogen-bond acceptors (Lipinski definition) is 3. The van der Waals surface area contributed by atoms with Gasteiger partial charge in [0.15, 0.2) is 5.65 Å². The number of hydrogen-bond donors (Lipinski definition) is 2. The highest BCUT2D eigenvalue weighted by molar-refractivity contribution is 5.65. The van der Waals surface area contributed by atoms with E-state index in [1.165, 1.54) is 4.68 Å². The molecule has 2 aromatic rings. The molecule has 2 aromatic heterocycles. The molecule has 0 aromatic carbocycles. The van der Waals surface area contributed by atoms with E-state index in [4.69, 9.17) is 11.6 Å². The first-order chi connectivity index (χ1) is 5.20. The first-order valence-corrected chi connectivity index (χ1v) is 3.27. The molecule has 5 nitrogen and oxygen atoms in total. The van der Waals surface area contributed by atoms with Gasteiger partial charge in [-0.05, 0) is 13.0 Å². The average molecular weight is 151 g/mol. The minimum atomic E-state index is 0.646. The molecule has 2 rings (SSSR count). The van der Waals surface area contributed by atoms with Crippen LogP contribution in [0.5, 0.6) is 0 Å². The number of nitrogens with zero attached hydrogens (tertiary/aromatic N) is 3. The van der Waals surface area contributed by atoms with Gasteiger partial charge in [-0.1, -0.05) is 0 Å². The Kier molecular flexibility index (Phi) is 0.934. The maximum absolute atomic E-state index is 5.64. The first kappa shape index (κ1) is 6.09. The standard InChI is InChI=1S/C6H9N5/c1-4-9-10-3-2-5(7)6(10)11(4)8/h2-3H,7-8H2,1H3. The second-order valence-corrected chi connectivity index (χ2v) is 2.46. The molecule has 11 heavy (non-hydrogen) atoms. The van der Waals surface area contributed by atoms with Crippen molar-refractivity contribution in [1.29, 1.82) is 0 Å². The molecule has 4 N–H and O–H groups in total. The van der Waals surface area contributed by atoms with E-state index in [0.29, 0.717) is 5.69 Å². The predicted molar refractivity (Wildman–Crippen MR) is 42.5 cm³/mol. The largest absolute Gasteiger partial charge is 0.396 e. The zero-order chi connectivity index (χ0) is 8.01. The van der Waals surface area contributed by atoms with Crippen molar-refractivity contribution in [1.82, 2.24) is 14.3 Å². The minimum absolute atomic E-state index is 0.646. The van der Waals surface area contributed by atoms with E-state index in [0.717, 1.165) is 11.5 Å². The van der Waals surface area contributed by atoms with Crippen LogP contribution >= 0.6 is 0 Å². The number of nitrogens with two attached hydrogens (primary N) is 2. The molecular weight excluding hydrogens is 142 g/mol. The van der Waals surface area contributed by atoms with Gasteiger partial charge in [0, 0.05) is 6.20 Å². The highest BCUT2D eigenvalue weighted by atomic mass is 15.4. The summed E-state index contributed by atoms with van der Waals surface area (Å²) in [5.74, 6) is 6.38. The van der Waals surface area contributed by atoms with Crippen LogP contribution in [-0.2, 0) is 0 Å². The molecule has 5 heteroatoms. The lowest BCUT2D eigenvalue weighted by Crippen LogP contribution is -2.10. The van der Waals surface area contributed by atoms with Gasteiger partial charge in [-0.3, -0.25) is 0 Å². The van der Waals surface area contributed by atoms with Crippen molar-refractivity contribution in [3.63, 3.8) is 0 Å². The van der Waals surface area contributed by atoms with Gasteiger partial charge < -0.3 is 11.6 Å². The molecule has 0 aliphatic carbocycles. The van der Waals surface area contributed by atoms with E-state index in [2.05, 4.69) is 5.10 Å². The number of anilines is 1. The van der Waals surface area contributed by atoms with Crippen LogP contribution in [0.3, 0.4) is 0 Å². The molecule has 0 radical (unpaired) electrons. The second-order valence-electron chi connectivity index (χ2n) is 2.46. The van der Waals surface area contributed by atoms with Gasteiger partial charge in [0.05, 0.1) is 5.69 Å². The minimum Gasteiger partial charge on any atom is -0.396 e. The van der Waals surface area contributed by atoms with Crippen molar-refractivity contribution in [2.75, 3.05) is 11.6 Å². The fraction of sp³-hybridized carbons (Fsp3) is 0.167. The van der Waals surface area contributed by atoms with Crippen LogP contribution in [0.25, 0.3) is 5.65 Å². The lowest BCUT2D eigenvalue weighted by Gasteiger charge is -1.93. The molecule has 58 valence electrons. The maximum Gasteiger partial charge on any atom is 0.177 e. The SMILES string of the molecule is Cc1nn2ccc(N)c2n1N. The summed E-state index contributed by atoms with van der Waals surface area (Å²) < 4.78 is 3.12. The van der Waals surface area contributed by atoms with Crippen LogP contribution < -0.4 is 11.6 Å². The van der Waals surface area contributed by atoms with Crippen molar-refractivity contribution in [3.8, 4) is 0 Å². The molecule has 0 aliphatic heterocycles. The number of fused-ring (bicyclic) bond motifs is 1. The van der Waals surface area contributed by atoms with Crippen molar-refractivity contribution < 1.29 is 0 Å². The summed E-state index contributed by atoms with van der Waals surface area (Å²) in [5, 5.41) is 4.11. The Morgan fingerprint density at radius 1 is 1.55 bits per heavy atom. The topological polar surface area (TPSA) is 74.3 Å². The van der Waals surface area contributed by atoms with Gasteiger partial charge in [-0.25, -0.2) is 9.19 Å². The zero-order valence-corrected chi connectivity index (χ0v) is 6.15. The maximum atomic E-state index is 5.64. The molecule has 0 amide bonds. The van der Waals surface area contributed by atoms with Crippen LogP contribution in [-0.4, -0.2) is 14.3 Å². The summed E-state index contributed by atoms with van der Waals surface area (Å²) in [7, 11) is 0. The van der Waals surface area contributed by atoms with Gasteiger partial charge >= 0.3 is 0 Å². The predicted octanol–water partition coefficient (Wildman–Crippen LogP) is -0.260. The Balaban J connectivity index is 2.95. The Hall–Kier alpha value is -1.65. The van der Waals surface area contributed by atoms with Crippen molar-refractivity contribution in [2.24, 2.45) is 0 Å². The van der Waals surface area contributed by atoms with Crippen LogP contribution in [0.15, 0.2) is 12.3 Å². The van der Waals surface area contributed by atoms with Gasteiger partial charge in [0.1, 0.15) is 5.82 Å².